The summed E-state index contributed by atoms with van der Waals surface area (Å²) in [6.45, 7) is 1.94. The summed E-state index contributed by atoms with van der Waals surface area (Å²) in [6, 6.07) is 3.71. The molecule has 0 fully saturated rings. The van der Waals surface area contributed by atoms with Gasteiger partial charge >= 0.3 is 6.18 Å². The van der Waals surface area contributed by atoms with E-state index in [2.05, 4.69) is 0 Å². The number of alkyl halides is 3. The van der Waals surface area contributed by atoms with Gasteiger partial charge in [-0.15, -0.1) is 0 Å². The van der Waals surface area contributed by atoms with E-state index in [0.29, 0.717) is 0 Å². The summed E-state index contributed by atoms with van der Waals surface area (Å²) in [5, 5.41) is 11.6. The fourth-order valence-corrected chi connectivity index (χ4v) is 1.80. The topological polar surface area (TPSA) is 58.6 Å². The van der Waals surface area contributed by atoms with Crippen molar-refractivity contribution in [2.45, 2.75) is 18.7 Å². The van der Waals surface area contributed by atoms with E-state index in [1.54, 1.807) is 6.92 Å². The largest absolute Gasteiger partial charge is 0.494 e. The maximum absolute atomic E-state index is 12.8. The second-order valence-electron chi connectivity index (χ2n) is 3.80. The van der Waals surface area contributed by atoms with E-state index >= 15 is 0 Å². The van der Waals surface area contributed by atoms with E-state index < -0.39 is 23.2 Å². The van der Waals surface area contributed by atoms with Gasteiger partial charge < -0.3 is 15.2 Å². The minimum absolute atomic E-state index is 0.0664. The molecule has 0 aliphatic carbocycles. The van der Waals surface area contributed by atoms with Crippen molar-refractivity contribution in [3.05, 3.63) is 23.8 Å². The van der Waals surface area contributed by atoms with Gasteiger partial charge in [0.15, 0.2) is 0 Å². The van der Waals surface area contributed by atoms with E-state index in [1.165, 1.54) is 12.1 Å². The van der Waals surface area contributed by atoms with Gasteiger partial charge in [0.25, 0.3) is 11.5 Å². The highest BCUT2D eigenvalue weighted by atomic mass is 19.4. The molecule has 1 amide bonds. The van der Waals surface area contributed by atoms with Crippen molar-refractivity contribution in [2.24, 2.45) is 0 Å². The summed E-state index contributed by atoms with van der Waals surface area (Å²) in [4.78, 5) is 11.3. The van der Waals surface area contributed by atoms with Crippen molar-refractivity contribution in [1.82, 2.24) is 0 Å². The maximum atomic E-state index is 12.8. The van der Waals surface area contributed by atoms with Crippen LogP contribution in [0.2, 0.25) is 0 Å². The van der Waals surface area contributed by atoms with E-state index in [0.717, 1.165) is 6.07 Å². The number of ether oxygens (including phenoxy) is 1. The van der Waals surface area contributed by atoms with Gasteiger partial charge in [0.2, 0.25) is 0 Å². The third-order valence-corrected chi connectivity index (χ3v) is 2.68. The summed E-state index contributed by atoms with van der Waals surface area (Å²) < 4.78 is 43.6. The first kappa shape index (κ1) is 12.7. The maximum Gasteiger partial charge on any atom is 0.430 e. The molecular formula is C11H10F3NO3. The summed E-state index contributed by atoms with van der Waals surface area (Å²) in [6.07, 6.45) is -5.09. The van der Waals surface area contributed by atoms with Crippen LogP contribution in [0.4, 0.5) is 18.9 Å². The number of rotatable bonds is 2. The number of nitrogens with one attached hydrogen (secondary N) is 1. The highest BCUT2D eigenvalue weighted by Crippen LogP contribution is 2.47. The molecule has 0 spiro atoms. The number of hydrogen-bond acceptors (Lipinski definition) is 3. The number of carbonyl (C=O) groups excluding carboxylic acids is 1. The quantitative estimate of drug-likeness (QED) is 0.853. The Morgan fingerprint density at radius 2 is 2.11 bits per heavy atom. The Labute approximate surface area is 100 Å². The highest BCUT2D eigenvalue weighted by Gasteiger charge is 2.64. The third kappa shape index (κ3) is 1.62. The highest BCUT2D eigenvalue weighted by molar-refractivity contribution is 6.05. The number of anilines is 1. The molecule has 1 aromatic carbocycles. The first-order valence-corrected chi connectivity index (χ1v) is 5.18. The molecular weight excluding hydrogens is 251 g/mol. The van der Waals surface area contributed by atoms with Crippen LogP contribution >= 0.6 is 0 Å². The lowest BCUT2D eigenvalue weighted by Gasteiger charge is -2.23. The lowest BCUT2D eigenvalue weighted by molar-refractivity contribution is -0.252. The average Bonchev–Trinajstić information content (AvgIpc) is 2.53. The number of halogens is 3. The molecule has 1 aliphatic heterocycles. The molecule has 18 heavy (non-hydrogen) atoms. The second kappa shape index (κ2) is 3.88. The first-order valence-electron chi connectivity index (χ1n) is 5.18. The van der Waals surface area contributed by atoms with Crippen LogP contribution in [0.3, 0.4) is 0 Å². The molecule has 1 aromatic rings. The lowest BCUT2D eigenvalue weighted by atomic mass is 9.94. The molecule has 0 saturated heterocycles. The zero-order valence-corrected chi connectivity index (χ0v) is 9.34. The summed E-state index contributed by atoms with van der Waals surface area (Å²) in [7, 11) is 0. The van der Waals surface area contributed by atoms with Crippen LogP contribution in [0, 0.1) is 0 Å². The fraction of sp³-hybridized carbons (Fsp3) is 0.364. The number of aliphatic hydroxyl groups is 1. The van der Waals surface area contributed by atoms with Crippen LogP contribution in [0.25, 0.3) is 0 Å². The second-order valence-corrected chi connectivity index (χ2v) is 3.80. The van der Waals surface area contributed by atoms with Crippen LogP contribution in [0.15, 0.2) is 18.2 Å². The van der Waals surface area contributed by atoms with Crippen molar-refractivity contribution >= 4 is 11.6 Å². The number of amides is 1. The predicted octanol–water partition coefficient (Wildman–Crippen LogP) is 1.79. The van der Waals surface area contributed by atoms with Crippen LogP contribution in [0.5, 0.6) is 5.75 Å². The molecule has 1 atom stereocenters. The van der Waals surface area contributed by atoms with Crippen LogP contribution < -0.4 is 10.1 Å². The molecule has 1 aliphatic rings. The minimum Gasteiger partial charge on any atom is -0.494 e. The fourth-order valence-electron chi connectivity index (χ4n) is 1.80. The van der Waals surface area contributed by atoms with E-state index in [1.807, 2.05) is 5.32 Å². The summed E-state index contributed by atoms with van der Waals surface area (Å²) in [5.74, 6) is -1.34. The molecule has 0 aromatic heterocycles. The average molecular weight is 261 g/mol. The Morgan fingerprint density at radius 3 is 2.67 bits per heavy atom. The Balaban J connectivity index is 2.56. The van der Waals surface area contributed by atoms with Gasteiger partial charge in [0, 0.05) is 11.3 Å². The SMILES string of the molecule is CCOc1ccc2c(c1)C(O)(C(F)(F)F)C(=O)N2. The molecule has 1 unspecified atom stereocenters. The lowest BCUT2D eigenvalue weighted by Crippen LogP contribution is -2.47. The van der Waals surface area contributed by atoms with Crippen molar-refractivity contribution in [3.8, 4) is 5.75 Å². The van der Waals surface area contributed by atoms with Crippen LogP contribution in [-0.2, 0) is 10.4 Å². The standard InChI is InChI=1S/C11H10F3NO3/c1-2-18-6-3-4-8-7(5-6)10(17,9(16)15-8)11(12,13)14/h3-5,17H,2H2,1H3,(H,15,16). The van der Waals surface area contributed by atoms with Gasteiger partial charge in [-0.25, -0.2) is 0 Å². The van der Waals surface area contributed by atoms with Gasteiger partial charge in [0.05, 0.1) is 6.61 Å². The monoisotopic (exact) mass is 261 g/mol. The summed E-state index contributed by atoms with van der Waals surface area (Å²) in [5.41, 5.74) is -4.12. The van der Waals surface area contributed by atoms with E-state index in [9.17, 15) is 23.1 Å². The van der Waals surface area contributed by atoms with Crippen LogP contribution in [0.1, 0.15) is 12.5 Å². The van der Waals surface area contributed by atoms with Gasteiger partial charge in [-0.05, 0) is 25.1 Å². The predicted molar refractivity (Wildman–Crippen MR) is 56.2 cm³/mol. The molecule has 0 bridgehead atoms. The minimum atomic E-state index is -5.09. The first-order chi connectivity index (χ1) is 8.30. The Hall–Kier alpha value is -1.76. The Morgan fingerprint density at radius 1 is 1.44 bits per heavy atom. The van der Waals surface area contributed by atoms with Crippen molar-refractivity contribution in [3.63, 3.8) is 0 Å². The Kier molecular flexibility index (Phi) is 2.73. The summed E-state index contributed by atoms with van der Waals surface area (Å²) >= 11 is 0. The van der Waals surface area contributed by atoms with E-state index in [4.69, 9.17) is 4.74 Å². The number of carbonyl (C=O) groups is 1. The molecule has 7 heteroatoms. The normalized spacial score (nSPS) is 22.6. The number of hydrogen-bond donors (Lipinski definition) is 2. The molecule has 0 radical (unpaired) electrons. The number of fused-ring (bicyclic) bond motifs is 1. The van der Waals surface area contributed by atoms with Gasteiger partial charge in [0.1, 0.15) is 5.75 Å². The van der Waals surface area contributed by atoms with Crippen LogP contribution in [-0.4, -0.2) is 23.8 Å². The molecule has 2 rings (SSSR count). The zero-order valence-electron chi connectivity index (χ0n) is 9.34. The molecule has 4 nitrogen and oxygen atoms in total. The smallest absolute Gasteiger partial charge is 0.430 e. The van der Waals surface area contributed by atoms with Gasteiger partial charge in [-0.3, -0.25) is 4.79 Å². The van der Waals surface area contributed by atoms with E-state index in [-0.39, 0.29) is 18.0 Å². The van der Waals surface area contributed by atoms with Crippen molar-refractivity contribution in [1.29, 1.82) is 0 Å². The zero-order chi connectivity index (χ0) is 13.6. The van der Waals surface area contributed by atoms with Gasteiger partial charge in [-0.2, -0.15) is 13.2 Å². The molecule has 2 N–H and O–H groups in total. The van der Waals surface area contributed by atoms with Crippen molar-refractivity contribution in [2.75, 3.05) is 11.9 Å². The van der Waals surface area contributed by atoms with Gasteiger partial charge in [-0.1, -0.05) is 0 Å². The molecule has 98 valence electrons. The Bertz CT molecular complexity index is 501. The third-order valence-electron chi connectivity index (χ3n) is 2.68. The van der Waals surface area contributed by atoms with Crippen molar-refractivity contribution < 1.29 is 27.8 Å². The molecule has 0 saturated carbocycles. The molecule has 1 heterocycles. The number of benzene rings is 1.